The molecule has 0 spiro atoms. The van der Waals surface area contributed by atoms with Gasteiger partial charge in [0.2, 0.25) is 0 Å². The van der Waals surface area contributed by atoms with Crippen molar-refractivity contribution in [3.05, 3.63) is 15.6 Å². The standard InChI is InChI=1S/C11H20N2O2S/c1-7(12-5-10(14)6-15-4)11-8(2)16-9(3)13-11/h7,10,12,14H,5-6H2,1-4H3. The largest absolute Gasteiger partial charge is 0.389 e. The van der Waals surface area contributed by atoms with Crippen molar-refractivity contribution in [1.82, 2.24) is 10.3 Å². The lowest BCUT2D eigenvalue weighted by atomic mass is 10.2. The highest BCUT2D eigenvalue weighted by molar-refractivity contribution is 7.11. The fraction of sp³-hybridized carbons (Fsp3) is 0.727. The van der Waals surface area contributed by atoms with Gasteiger partial charge in [0.15, 0.2) is 0 Å². The zero-order valence-electron chi connectivity index (χ0n) is 10.3. The number of methoxy groups -OCH3 is 1. The number of rotatable bonds is 6. The van der Waals surface area contributed by atoms with Crippen molar-refractivity contribution in [3.63, 3.8) is 0 Å². The van der Waals surface area contributed by atoms with Crippen molar-refractivity contribution >= 4 is 11.3 Å². The Balaban J connectivity index is 2.46. The molecule has 2 unspecified atom stereocenters. The molecule has 4 nitrogen and oxygen atoms in total. The smallest absolute Gasteiger partial charge is 0.0900 e. The number of aromatic nitrogens is 1. The minimum atomic E-state index is -0.465. The number of aliphatic hydroxyl groups excluding tert-OH is 1. The van der Waals surface area contributed by atoms with Gasteiger partial charge in [-0.15, -0.1) is 11.3 Å². The predicted octanol–water partition coefficient (Wildman–Crippen LogP) is 1.42. The fourth-order valence-corrected chi connectivity index (χ4v) is 2.52. The van der Waals surface area contributed by atoms with Gasteiger partial charge in [-0.05, 0) is 20.8 Å². The third-order valence-corrected chi connectivity index (χ3v) is 3.27. The average molecular weight is 244 g/mol. The molecular formula is C11H20N2O2S. The quantitative estimate of drug-likeness (QED) is 0.794. The van der Waals surface area contributed by atoms with E-state index in [1.165, 1.54) is 4.88 Å². The number of thiazole rings is 1. The van der Waals surface area contributed by atoms with E-state index in [1.807, 2.05) is 6.92 Å². The Kier molecular flexibility index (Phi) is 5.34. The van der Waals surface area contributed by atoms with E-state index in [0.29, 0.717) is 13.2 Å². The zero-order chi connectivity index (χ0) is 12.1. The second-order valence-corrected chi connectivity index (χ2v) is 5.32. The molecule has 0 bridgehead atoms. The summed E-state index contributed by atoms with van der Waals surface area (Å²) >= 11 is 1.70. The van der Waals surface area contributed by atoms with Gasteiger partial charge in [-0.1, -0.05) is 0 Å². The molecule has 5 heteroatoms. The molecule has 0 saturated heterocycles. The van der Waals surface area contributed by atoms with Crippen LogP contribution in [0.25, 0.3) is 0 Å². The molecule has 0 fully saturated rings. The summed E-state index contributed by atoms with van der Waals surface area (Å²) in [5.74, 6) is 0. The second-order valence-electron chi connectivity index (χ2n) is 3.91. The number of nitrogens with one attached hydrogen (secondary N) is 1. The van der Waals surface area contributed by atoms with Crippen LogP contribution in [-0.4, -0.2) is 36.5 Å². The van der Waals surface area contributed by atoms with Gasteiger partial charge in [-0.25, -0.2) is 4.98 Å². The number of nitrogens with zero attached hydrogens (tertiary/aromatic N) is 1. The fourth-order valence-electron chi connectivity index (χ4n) is 1.61. The zero-order valence-corrected chi connectivity index (χ0v) is 11.1. The topological polar surface area (TPSA) is 54.4 Å². The predicted molar refractivity (Wildman–Crippen MR) is 65.9 cm³/mol. The number of hydrogen-bond acceptors (Lipinski definition) is 5. The number of hydrogen-bond donors (Lipinski definition) is 2. The van der Waals surface area contributed by atoms with Gasteiger partial charge in [-0.2, -0.15) is 0 Å². The first kappa shape index (κ1) is 13.6. The molecule has 0 aliphatic carbocycles. The second kappa shape index (κ2) is 6.30. The molecule has 16 heavy (non-hydrogen) atoms. The molecule has 0 aromatic carbocycles. The summed E-state index contributed by atoms with van der Waals surface area (Å²) in [6.07, 6.45) is -0.465. The van der Waals surface area contributed by atoms with Crippen LogP contribution in [0.1, 0.15) is 28.5 Å². The third-order valence-electron chi connectivity index (χ3n) is 2.37. The van der Waals surface area contributed by atoms with Crippen LogP contribution in [0.3, 0.4) is 0 Å². The van der Waals surface area contributed by atoms with Crippen LogP contribution in [0, 0.1) is 13.8 Å². The van der Waals surface area contributed by atoms with E-state index in [-0.39, 0.29) is 6.04 Å². The van der Waals surface area contributed by atoms with E-state index in [4.69, 9.17) is 4.74 Å². The van der Waals surface area contributed by atoms with Crippen LogP contribution in [-0.2, 0) is 4.74 Å². The van der Waals surface area contributed by atoms with E-state index in [0.717, 1.165) is 10.7 Å². The first-order valence-electron chi connectivity index (χ1n) is 5.39. The molecule has 0 radical (unpaired) electrons. The molecule has 2 N–H and O–H groups in total. The maximum Gasteiger partial charge on any atom is 0.0900 e. The molecule has 2 atom stereocenters. The minimum Gasteiger partial charge on any atom is -0.389 e. The summed E-state index contributed by atoms with van der Waals surface area (Å²) in [7, 11) is 1.58. The maximum atomic E-state index is 9.51. The lowest BCUT2D eigenvalue weighted by Crippen LogP contribution is -2.32. The van der Waals surface area contributed by atoms with Crippen LogP contribution in [0.15, 0.2) is 0 Å². The van der Waals surface area contributed by atoms with E-state index >= 15 is 0 Å². The third kappa shape index (κ3) is 3.83. The van der Waals surface area contributed by atoms with Crippen molar-refractivity contribution < 1.29 is 9.84 Å². The van der Waals surface area contributed by atoms with Crippen LogP contribution in [0.5, 0.6) is 0 Å². The molecule has 0 aliphatic heterocycles. The summed E-state index contributed by atoms with van der Waals surface area (Å²) < 4.78 is 4.87. The van der Waals surface area contributed by atoms with E-state index in [2.05, 4.69) is 24.1 Å². The van der Waals surface area contributed by atoms with Crippen LogP contribution in [0.4, 0.5) is 0 Å². The monoisotopic (exact) mass is 244 g/mol. The Morgan fingerprint density at radius 2 is 2.19 bits per heavy atom. The Morgan fingerprint density at radius 3 is 2.69 bits per heavy atom. The van der Waals surface area contributed by atoms with Gasteiger partial charge >= 0.3 is 0 Å². The molecule has 0 aliphatic rings. The van der Waals surface area contributed by atoms with Crippen molar-refractivity contribution in [2.24, 2.45) is 0 Å². The Morgan fingerprint density at radius 1 is 1.50 bits per heavy atom. The summed E-state index contributed by atoms with van der Waals surface area (Å²) in [4.78, 5) is 5.71. The van der Waals surface area contributed by atoms with Gasteiger partial charge in [0, 0.05) is 24.6 Å². The molecule has 1 aromatic heterocycles. The maximum absolute atomic E-state index is 9.51. The highest BCUT2D eigenvalue weighted by Gasteiger charge is 2.13. The van der Waals surface area contributed by atoms with Crippen molar-refractivity contribution in [3.8, 4) is 0 Å². The summed E-state index contributed by atoms with van der Waals surface area (Å²) in [5, 5.41) is 13.8. The highest BCUT2D eigenvalue weighted by atomic mass is 32.1. The van der Waals surface area contributed by atoms with E-state index in [1.54, 1.807) is 18.4 Å². The summed E-state index contributed by atoms with van der Waals surface area (Å²) in [5.41, 5.74) is 1.08. The number of aryl methyl sites for hydroxylation is 2. The molecule has 0 saturated carbocycles. The molecule has 0 amide bonds. The van der Waals surface area contributed by atoms with Crippen LogP contribution >= 0.6 is 11.3 Å². The highest BCUT2D eigenvalue weighted by Crippen LogP contribution is 2.22. The average Bonchev–Trinajstić information content (AvgIpc) is 2.55. The van der Waals surface area contributed by atoms with Gasteiger partial charge in [0.1, 0.15) is 0 Å². The molecule has 1 aromatic rings. The van der Waals surface area contributed by atoms with Crippen molar-refractivity contribution in [2.45, 2.75) is 32.9 Å². The summed E-state index contributed by atoms with van der Waals surface area (Å²) in [6, 6.07) is 0.163. The Hall–Kier alpha value is -0.490. The molecular weight excluding hydrogens is 224 g/mol. The Labute approximate surface area is 101 Å². The lowest BCUT2D eigenvalue weighted by Gasteiger charge is -2.15. The van der Waals surface area contributed by atoms with Gasteiger partial charge in [-0.3, -0.25) is 0 Å². The van der Waals surface area contributed by atoms with E-state index in [9.17, 15) is 5.11 Å². The lowest BCUT2D eigenvalue weighted by molar-refractivity contribution is 0.0630. The minimum absolute atomic E-state index is 0.163. The molecule has 1 heterocycles. The van der Waals surface area contributed by atoms with E-state index < -0.39 is 6.10 Å². The summed E-state index contributed by atoms with van der Waals surface area (Å²) in [6.45, 7) is 7.01. The first-order valence-corrected chi connectivity index (χ1v) is 6.20. The van der Waals surface area contributed by atoms with Crippen molar-refractivity contribution in [2.75, 3.05) is 20.3 Å². The Bertz CT molecular complexity index is 328. The molecule has 1 rings (SSSR count). The van der Waals surface area contributed by atoms with Gasteiger partial charge in [0.25, 0.3) is 0 Å². The van der Waals surface area contributed by atoms with Gasteiger partial charge < -0.3 is 15.2 Å². The molecule has 92 valence electrons. The number of ether oxygens (including phenoxy) is 1. The number of aliphatic hydroxyl groups is 1. The first-order chi connectivity index (χ1) is 7.54. The van der Waals surface area contributed by atoms with Gasteiger partial charge in [0.05, 0.1) is 23.4 Å². The van der Waals surface area contributed by atoms with Crippen LogP contribution < -0.4 is 5.32 Å². The SMILES string of the molecule is COCC(O)CNC(C)c1nc(C)sc1C. The van der Waals surface area contributed by atoms with Crippen LogP contribution in [0.2, 0.25) is 0 Å². The van der Waals surface area contributed by atoms with Crippen molar-refractivity contribution in [1.29, 1.82) is 0 Å². The normalized spacial score (nSPS) is 15.1.